The predicted molar refractivity (Wildman–Crippen MR) is 73.9 cm³/mol. The van der Waals surface area contributed by atoms with Crippen molar-refractivity contribution in [3.63, 3.8) is 0 Å². The molecule has 1 aliphatic rings. The minimum Gasteiger partial charge on any atom is -0.478 e. The van der Waals surface area contributed by atoms with Crippen LogP contribution >= 0.6 is 12.4 Å². The van der Waals surface area contributed by atoms with E-state index in [1.807, 2.05) is 0 Å². The lowest BCUT2D eigenvalue weighted by Gasteiger charge is -2.10. The maximum absolute atomic E-state index is 12.9. The topological polar surface area (TPSA) is 85.4 Å². The second-order valence-corrected chi connectivity index (χ2v) is 4.38. The first-order valence-electron chi connectivity index (χ1n) is 5.74. The number of aromatic nitrogens is 1. The number of nitrogens with zero attached hydrogens (tertiary/aromatic N) is 1. The first-order chi connectivity index (χ1) is 9.11. The lowest BCUT2D eigenvalue weighted by Crippen LogP contribution is -2.05. The van der Waals surface area contributed by atoms with Crippen molar-refractivity contribution < 1.29 is 19.0 Å². The standard InChI is InChI=1S/C13H11FN2O3.ClH/c14-4-10-11-8(5-19-10)7-3-6(13(17)18)1-2-9(7)16-12(11)15;/h1-3,10H,4-5H2,(H2,15,16)(H,17,18);1H. The Balaban J connectivity index is 0.00000147. The van der Waals surface area contributed by atoms with Crippen LogP contribution in [0, 0.1) is 0 Å². The normalized spacial score (nSPS) is 16.8. The van der Waals surface area contributed by atoms with Gasteiger partial charge >= 0.3 is 5.97 Å². The van der Waals surface area contributed by atoms with Gasteiger partial charge in [0.1, 0.15) is 18.6 Å². The molecule has 106 valence electrons. The second kappa shape index (κ2) is 5.22. The Bertz CT molecular complexity index is 693. The van der Waals surface area contributed by atoms with E-state index in [1.54, 1.807) is 6.07 Å². The first kappa shape index (κ1) is 14.5. The Hall–Kier alpha value is -1.92. The number of nitrogen functional groups attached to an aromatic ring is 1. The highest BCUT2D eigenvalue weighted by molar-refractivity contribution is 5.95. The summed E-state index contributed by atoms with van der Waals surface area (Å²) in [6.45, 7) is -0.459. The molecule has 2 heterocycles. The Morgan fingerprint density at radius 2 is 2.30 bits per heavy atom. The van der Waals surface area contributed by atoms with Crippen LogP contribution in [0.15, 0.2) is 18.2 Å². The monoisotopic (exact) mass is 298 g/mol. The number of carboxylic acid groups (broad SMARTS) is 1. The van der Waals surface area contributed by atoms with Crippen LogP contribution in [-0.4, -0.2) is 22.7 Å². The number of hydrogen-bond acceptors (Lipinski definition) is 4. The van der Waals surface area contributed by atoms with Crippen molar-refractivity contribution in [1.29, 1.82) is 0 Å². The van der Waals surface area contributed by atoms with Crippen molar-refractivity contribution in [1.82, 2.24) is 4.98 Å². The van der Waals surface area contributed by atoms with Crippen molar-refractivity contribution in [2.24, 2.45) is 0 Å². The molecule has 0 radical (unpaired) electrons. The molecule has 3 N–H and O–H groups in total. The van der Waals surface area contributed by atoms with Crippen LogP contribution in [0.4, 0.5) is 10.2 Å². The molecular formula is C13H12ClFN2O3. The highest BCUT2D eigenvalue weighted by Gasteiger charge is 2.28. The Morgan fingerprint density at radius 3 is 2.95 bits per heavy atom. The average molecular weight is 299 g/mol. The Morgan fingerprint density at radius 1 is 1.55 bits per heavy atom. The van der Waals surface area contributed by atoms with Gasteiger partial charge in [0.05, 0.1) is 17.7 Å². The van der Waals surface area contributed by atoms with Gasteiger partial charge < -0.3 is 15.6 Å². The van der Waals surface area contributed by atoms with Crippen LogP contribution < -0.4 is 5.73 Å². The number of fused-ring (bicyclic) bond motifs is 3. The zero-order chi connectivity index (χ0) is 13.6. The van der Waals surface area contributed by atoms with Crippen molar-refractivity contribution in [2.75, 3.05) is 12.4 Å². The highest BCUT2D eigenvalue weighted by Crippen LogP contribution is 2.38. The summed E-state index contributed by atoms with van der Waals surface area (Å²) in [5.74, 6) is -0.779. The van der Waals surface area contributed by atoms with E-state index >= 15 is 0 Å². The van der Waals surface area contributed by atoms with Gasteiger partial charge in [0.2, 0.25) is 0 Å². The number of benzene rings is 1. The van der Waals surface area contributed by atoms with Gasteiger partial charge in [-0.3, -0.25) is 0 Å². The van der Waals surface area contributed by atoms with Gasteiger partial charge in [-0.2, -0.15) is 0 Å². The van der Waals surface area contributed by atoms with Gasteiger partial charge in [0.25, 0.3) is 0 Å². The quantitative estimate of drug-likeness (QED) is 0.889. The molecule has 3 rings (SSSR count). The molecule has 1 aromatic heterocycles. The molecule has 0 spiro atoms. The lowest BCUT2D eigenvalue weighted by molar-refractivity contribution is 0.0483. The minimum absolute atomic E-state index is 0. The number of aromatic carboxylic acids is 1. The zero-order valence-corrected chi connectivity index (χ0v) is 11.1. The van der Waals surface area contributed by atoms with E-state index < -0.39 is 18.7 Å². The minimum atomic E-state index is -1.02. The second-order valence-electron chi connectivity index (χ2n) is 4.38. The van der Waals surface area contributed by atoms with Crippen LogP contribution in [0.2, 0.25) is 0 Å². The van der Waals surface area contributed by atoms with Crippen molar-refractivity contribution in [3.05, 3.63) is 34.9 Å². The summed E-state index contributed by atoms with van der Waals surface area (Å²) < 4.78 is 18.2. The fourth-order valence-electron chi connectivity index (χ4n) is 2.40. The number of nitrogens with two attached hydrogens (primary N) is 1. The van der Waals surface area contributed by atoms with Gasteiger partial charge in [-0.1, -0.05) is 0 Å². The summed E-state index contributed by atoms with van der Waals surface area (Å²) in [6, 6.07) is 4.58. The van der Waals surface area contributed by atoms with Gasteiger partial charge in [0.15, 0.2) is 0 Å². The number of carbonyl (C=O) groups is 1. The maximum Gasteiger partial charge on any atom is 0.335 e. The summed E-state index contributed by atoms with van der Waals surface area (Å²) in [6.07, 6.45) is -0.708. The number of alkyl halides is 1. The zero-order valence-electron chi connectivity index (χ0n) is 10.3. The largest absolute Gasteiger partial charge is 0.478 e. The van der Waals surface area contributed by atoms with E-state index in [2.05, 4.69) is 4.98 Å². The average Bonchev–Trinajstić information content (AvgIpc) is 2.83. The molecule has 0 saturated carbocycles. The molecule has 20 heavy (non-hydrogen) atoms. The van der Waals surface area contributed by atoms with E-state index in [0.717, 1.165) is 5.56 Å². The molecule has 2 aromatic rings. The van der Waals surface area contributed by atoms with E-state index in [0.29, 0.717) is 16.5 Å². The molecule has 1 unspecified atom stereocenters. The van der Waals surface area contributed by atoms with Crippen LogP contribution in [-0.2, 0) is 11.3 Å². The van der Waals surface area contributed by atoms with Crippen molar-refractivity contribution in [3.8, 4) is 0 Å². The number of rotatable bonds is 2. The summed E-state index contributed by atoms with van der Waals surface area (Å²) >= 11 is 0. The van der Waals surface area contributed by atoms with Crippen LogP contribution in [0.25, 0.3) is 10.9 Å². The number of halogens is 2. The first-order valence-corrected chi connectivity index (χ1v) is 5.74. The molecule has 0 amide bonds. The molecule has 0 bridgehead atoms. The van der Waals surface area contributed by atoms with Crippen molar-refractivity contribution >= 4 is 35.1 Å². The van der Waals surface area contributed by atoms with Crippen LogP contribution in [0.3, 0.4) is 0 Å². The van der Waals surface area contributed by atoms with Gasteiger partial charge in [-0.15, -0.1) is 12.4 Å². The SMILES string of the molecule is Cl.Nc1nc2ccc(C(=O)O)cc2c2c1C(CF)OC2. The molecule has 7 heteroatoms. The predicted octanol–water partition coefficient (Wildman–Crippen LogP) is 2.48. The third kappa shape index (κ3) is 2.07. The summed E-state index contributed by atoms with van der Waals surface area (Å²) in [5, 5.41) is 9.66. The summed E-state index contributed by atoms with van der Waals surface area (Å²) in [4.78, 5) is 15.2. The molecule has 5 nitrogen and oxygen atoms in total. The van der Waals surface area contributed by atoms with Gasteiger partial charge in [-0.05, 0) is 23.8 Å². The third-order valence-corrected chi connectivity index (χ3v) is 3.30. The molecule has 1 atom stereocenters. The molecule has 0 aliphatic carbocycles. The number of pyridine rings is 1. The smallest absolute Gasteiger partial charge is 0.335 e. The molecular weight excluding hydrogens is 287 g/mol. The summed E-state index contributed by atoms with van der Waals surface area (Å²) in [5.41, 5.74) is 7.84. The Labute approximate surface area is 120 Å². The summed E-state index contributed by atoms with van der Waals surface area (Å²) in [7, 11) is 0. The van der Waals surface area contributed by atoms with E-state index in [9.17, 15) is 9.18 Å². The molecule has 1 aliphatic heterocycles. The highest BCUT2D eigenvalue weighted by atomic mass is 35.5. The van der Waals surface area contributed by atoms with Crippen molar-refractivity contribution in [2.45, 2.75) is 12.7 Å². The van der Waals surface area contributed by atoms with Crippen LogP contribution in [0.5, 0.6) is 0 Å². The molecule has 1 aromatic carbocycles. The number of carboxylic acids is 1. The molecule has 0 saturated heterocycles. The van der Waals surface area contributed by atoms with E-state index in [4.69, 9.17) is 15.6 Å². The fraction of sp³-hybridized carbons (Fsp3) is 0.231. The van der Waals surface area contributed by atoms with E-state index in [1.165, 1.54) is 12.1 Å². The molecule has 0 fully saturated rings. The third-order valence-electron chi connectivity index (χ3n) is 3.30. The lowest BCUT2D eigenvalue weighted by atomic mass is 10.0. The fourth-order valence-corrected chi connectivity index (χ4v) is 2.40. The number of hydrogen-bond donors (Lipinski definition) is 2. The van der Waals surface area contributed by atoms with E-state index in [-0.39, 0.29) is 30.4 Å². The Kier molecular flexibility index (Phi) is 3.78. The maximum atomic E-state index is 12.9. The number of anilines is 1. The number of ether oxygens (including phenoxy) is 1. The van der Waals surface area contributed by atoms with Crippen LogP contribution in [0.1, 0.15) is 27.6 Å². The van der Waals surface area contributed by atoms with Gasteiger partial charge in [-0.25, -0.2) is 14.2 Å². The van der Waals surface area contributed by atoms with Gasteiger partial charge in [0, 0.05) is 10.9 Å².